The van der Waals surface area contributed by atoms with E-state index in [1.807, 2.05) is 6.92 Å². The molecule has 0 unspecified atom stereocenters. The van der Waals surface area contributed by atoms with E-state index >= 15 is 0 Å². The predicted molar refractivity (Wildman–Crippen MR) is 85.4 cm³/mol. The Kier molecular flexibility index (Phi) is 5.62. The molecular formula is C16H28N4. The third-order valence-corrected chi connectivity index (χ3v) is 4.03. The number of rotatable bonds is 6. The van der Waals surface area contributed by atoms with E-state index in [4.69, 9.17) is 0 Å². The Labute approximate surface area is 123 Å². The van der Waals surface area contributed by atoms with Crippen LogP contribution in [0.15, 0.2) is 6.07 Å². The second kappa shape index (κ2) is 7.46. The molecule has 4 nitrogen and oxygen atoms in total. The van der Waals surface area contributed by atoms with Crippen molar-refractivity contribution in [3.63, 3.8) is 0 Å². The van der Waals surface area contributed by atoms with Gasteiger partial charge in [0.15, 0.2) is 0 Å². The van der Waals surface area contributed by atoms with E-state index in [9.17, 15) is 0 Å². The second-order valence-electron chi connectivity index (χ2n) is 5.66. The first-order valence-corrected chi connectivity index (χ1v) is 8.10. The zero-order chi connectivity index (χ0) is 14.4. The van der Waals surface area contributed by atoms with Crippen molar-refractivity contribution in [2.45, 2.75) is 65.3 Å². The summed E-state index contributed by atoms with van der Waals surface area (Å²) in [5.41, 5.74) is 0. The highest BCUT2D eigenvalue weighted by atomic mass is 15.2. The Hall–Kier alpha value is -1.32. The molecule has 1 aromatic rings. The summed E-state index contributed by atoms with van der Waals surface area (Å²) in [4.78, 5) is 11.6. The van der Waals surface area contributed by atoms with Gasteiger partial charge in [-0.15, -0.1) is 0 Å². The molecule has 2 rings (SSSR count). The standard InChI is InChI=1S/C16H28N4/c1-4-11-17-15-12-16(19-13(3)18-15)20(5-2)14-9-7-6-8-10-14/h12,14H,4-11H2,1-3H3,(H,17,18,19). The van der Waals surface area contributed by atoms with Crippen LogP contribution in [0.25, 0.3) is 0 Å². The van der Waals surface area contributed by atoms with E-state index in [1.54, 1.807) is 0 Å². The molecule has 1 aromatic heterocycles. The maximum absolute atomic E-state index is 4.66. The third kappa shape index (κ3) is 3.84. The van der Waals surface area contributed by atoms with Crippen LogP contribution in [-0.4, -0.2) is 29.1 Å². The Morgan fingerprint density at radius 2 is 1.95 bits per heavy atom. The normalized spacial score (nSPS) is 16.1. The molecule has 0 aliphatic heterocycles. The Morgan fingerprint density at radius 3 is 2.60 bits per heavy atom. The summed E-state index contributed by atoms with van der Waals surface area (Å²) in [6.07, 6.45) is 7.81. The molecule has 1 saturated carbocycles. The molecule has 4 heteroatoms. The lowest BCUT2D eigenvalue weighted by molar-refractivity contribution is 0.416. The number of nitrogens with one attached hydrogen (secondary N) is 1. The molecule has 1 N–H and O–H groups in total. The number of hydrogen-bond donors (Lipinski definition) is 1. The molecule has 112 valence electrons. The smallest absolute Gasteiger partial charge is 0.134 e. The number of aryl methyl sites for hydroxylation is 1. The lowest BCUT2D eigenvalue weighted by atomic mass is 9.94. The monoisotopic (exact) mass is 276 g/mol. The van der Waals surface area contributed by atoms with Crippen molar-refractivity contribution in [3.8, 4) is 0 Å². The van der Waals surface area contributed by atoms with Crippen LogP contribution < -0.4 is 10.2 Å². The molecule has 1 fully saturated rings. The van der Waals surface area contributed by atoms with Crippen LogP contribution in [0.3, 0.4) is 0 Å². The first-order chi connectivity index (χ1) is 9.74. The van der Waals surface area contributed by atoms with E-state index in [1.165, 1.54) is 32.1 Å². The van der Waals surface area contributed by atoms with Gasteiger partial charge in [0.1, 0.15) is 17.5 Å². The average molecular weight is 276 g/mol. The SMILES string of the molecule is CCCNc1cc(N(CC)C2CCCCC2)nc(C)n1. The first kappa shape index (κ1) is 15.1. The molecule has 0 aromatic carbocycles. The molecular weight excluding hydrogens is 248 g/mol. The van der Waals surface area contributed by atoms with Gasteiger partial charge < -0.3 is 10.2 Å². The maximum Gasteiger partial charge on any atom is 0.134 e. The van der Waals surface area contributed by atoms with Crippen LogP contribution in [0.4, 0.5) is 11.6 Å². The fourth-order valence-electron chi connectivity index (χ4n) is 3.04. The first-order valence-electron chi connectivity index (χ1n) is 8.10. The summed E-state index contributed by atoms with van der Waals surface area (Å²) in [6.45, 7) is 8.36. The topological polar surface area (TPSA) is 41.0 Å². The predicted octanol–water partition coefficient (Wildman–Crippen LogP) is 3.77. The number of aromatic nitrogens is 2. The van der Waals surface area contributed by atoms with E-state index in [0.29, 0.717) is 6.04 Å². The van der Waals surface area contributed by atoms with Gasteiger partial charge in [-0.05, 0) is 33.1 Å². The van der Waals surface area contributed by atoms with Crippen molar-refractivity contribution in [1.82, 2.24) is 9.97 Å². The van der Waals surface area contributed by atoms with Crippen molar-refractivity contribution in [2.24, 2.45) is 0 Å². The van der Waals surface area contributed by atoms with Crippen molar-refractivity contribution in [1.29, 1.82) is 0 Å². The summed E-state index contributed by atoms with van der Waals surface area (Å²) in [5, 5.41) is 3.38. The zero-order valence-electron chi connectivity index (χ0n) is 13.2. The molecule has 1 aliphatic rings. The molecule has 20 heavy (non-hydrogen) atoms. The van der Waals surface area contributed by atoms with E-state index in [-0.39, 0.29) is 0 Å². The van der Waals surface area contributed by atoms with Gasteiger partial charge in [0.05, 0.1) is 0 Å². The summed E-state index contributed by atoms with van der Waals surface area (Å²) in [7, 11) is 0. The highest BCUT2D eigenvalue weighted by Gasteiger charge is 2.21. The fourth-order valence-corrected chi connectivity index (χ4v) is 3.04. The maximum atomic E-state index is 4.66. The van der Waals surface area contributed by atoms with Crippen molar-refractivity contribution >= 4 is 11.6 Å². The summed E-state index contributed by atoms with van der Waals surface area (Å²) >= 11 is 0. The second-order valence-corrected chi connectivity index (χ2v) is 5.66. The molecule has 1 aliphatic carbocycles. The van der Waals surface area contributed by atoms with E-state index < -0.39 is 0 Å². The minimum Gasteiger partial charge on any atom is -0.370 e. The van der Waals surface area contributed by atoms with Gasteiger partial charge in [-0.3, -0.25) is 0 Å². The summed E-state index contributed by atoms with van der Waals surface area (Å²) in [5.74, 6) is 2.91. The Morgan fingerprint density at radius 1 is 1.20 bits per heavy atom. The van der Waals surface area contributed by atoms with E-state index in [0.717, 1.165) is 37.0 Å². The van der Waals surface area contributed by atoms with E-state index in [2.05, 4.69) is 40.1 Å². The van der Waals surface area contributed by atoms with Gasteiger partial charge in [-0.25, -0.2) is 9.97 Å². The Bertz CT molecular complexity index is 413. The lowest BCUT2D eigenvalue weighted by Crippen LogP contribution is -2.37. The van der Waals surface area contributed by atoms with Crippen LogP contribution in [0.2, 0.25) is 0 Å². The summed E-state index contributed by atoms with van der Waals surface area (Å²) in [6, 6.07) is 2.77. The average Bonchev–Trinajstić information content (AvgIpc) is 2.46. The van der Waals surface area contributed by atoms with Gasteiger partial charge in [0.2, 0.25) is 0 Å². The number of hydrogen-bond acceptors (Lipinski definition) is 4. The highest BCUT2D eigenvalue weighted by molar-refractivity contribution is 5.50. The largest absolute Gasteiger partial charge is 0.370 e. The Balaban J connectivity index is 2.17. The van der Waals surface area contributed by atoms with Gasteiger partial charge in [0.25, 0.3) is 0 Å². The van der Waals surface area contributed by atoms with Crippen molar-refractivity contribution in [3.05, 3.63) is 11.9 Å². The van der Waals surface area contributed by atoms with Crippen molar-refractivity contribution < 1.29 is 0 Å². The van der Waals surface area contributed by atoms with Gasteiger partial charge >= 0.3 is 0 Å². The number of nitrogens with zero attached hydrogens (tertiary/aromatic N) is 3. The molecule has 1 heterocycles. The van der Waals surface area contributed by atoms with Crippen LogP contribution in [0.1, 0.15) is 58.2 Å². The van der Waals surface area contributed by atoms with Crippen LogP contribution in [0, 0.1) is 6.92 Å². The minimum atomic E-state index is 0.655. The molecule has 0 spiro atoms. The summed E-state index contributed by atoms with van der Waals surface area (Å²) < 4.78 is 0. The van der Waals surface area contributed by atoms with Crippen molar-refractivity contribution in [2.75, 3.05) is 23.3 Å². The molecule has 0 atom stereocenters. The van der Waals surface area contributed by atoms with Gasteiger partial charge in [-0.1, -0.05) is 26.2 Å². The highest BCUT2D eigenvalue weighted by Crippen LogP contribution is 2.27. The van der Waals surface area contributed by atoms with Crippen LogP contribution in [-0.2, 0) is 0 Å². The quantitative estimate of drug-likeness (QED) is 0.859. The van der Waals surface area contributed by atoms with Crippen LogP contribution in [0.5, 0.6) is 0 Å². The fraction of sp³-hybridized carbons (Fsp3) is 0.750. The minimum absolute atomic E-state index is 0.655. The molecule has 0 saturated heterocycles. The molecule has 0 bridgehead atoms. The third-order valence-electron chi connectivity index (χ3n) is 4.03. The van der Waals surface area contributed by atoms with Gasteiger partial charge in [0, 0.05) is 25.2 Å². The molecule has 0 radical (unpaired) electrons. The number of anilines is 2. The van der Waals surface area contributed by atoms with Gasteiger partial charge in [-0.2, -0.15) is 0 Å². The lowest BCUT2D eigenvalue weighted by Gasteiger charge is -2.34. The van der Waals surface area contributed by atoms with Crippen LogP contribution >= 0.6 is 0 Å². The zero-order valence-corrected chi connectivity index (χ0v) is 13.2. The molecule has 0 amide bonds.